The van der Waals surface area contributed by atoms with Gasteiger partial charge < -0.3 is 16.4 Å². The normalized spacial score (nSPS) is 11.1. The highest BCUT2D eigenvalue weighted by molar-refractivity contribution is 5.87. The monoisotopic (exact) mass is 395 g/mol. The topological polar surface area (TPSA) is 93.2 Å². The molecule has 0 radical (unpaired) electrons. The Morgan fingerprint density at radius 2 is 1.73 bits per heavy atom. The fourth-order valence-corrected chi connectivity index (χ4v) is 3.42. The summed E-state index contributed by atoms with van der Waals surface area (Å²) in [5, 5.41) is 9.07. The van der Waals surface area contributed by atoms with Crippen molar-refractivity contribution in [2.45, 2.75) is 0 Å². The van der Waals surface area contributed by atoms with Gasteiger partial charge in [0.15, 0.2) is 0 Å². The van der Waals surface area contributed by atoms with Gasteiger partial charge in [-0.25, -0.2) is 15.0 Å². The lowest BCUT2D eigenvalue weighted by Gasteiger charge is -2.12. The van der Waals surface area contributed by atoms with Crippen molar-refractivity contribution in [3.05, 3.63) is 79.3 Å². The Morgan fingerprint density at radius 1 is 0.867 bits per heavy atom. The van der Waals surface area contributed by atoms with Gasteiger partial charge in [-0.3, -0.25) is 4.40 Å². The van der Waals surface area contributed by atoms with Crippen molar-refractivity contribution in [1.29, 1.82) is 0 Å². The lowest BCUT2D eigenvalue weighted by Crippen LogP contribution is -2.16. The van der Waals surface area contributed by atoms with Gasteiger partial charge in [0.1, 0.15) is 11.5 Å². The molecular formula is C23H21N7. The molecule has 7 heteroatoms. The molecule has 0 amide bonds. The maximum Gasteiger partial charge on any atom is 0.209 e. The number of hydrogen-bond donors (Lipinski definition) is 3. The molecule has 3 heterocycles. The molecule has 30 heavy (non-hydrogen) atoms. The number of rotatable bonds is 6. The van der Waals surface area contributed by atoms with Gasteiger partial charge in [0, 0.05) is 37.1 Å². The second kappa shape index (κ2) is 7.71. The molecule has 0 unspecified atom stereocenters. The second-order valence-electron chi connectivity index (χ2n) is 7.01. The highest BCUT2D eigenvalue weighted by atomic mass is 15.2. The van der Waals surface area contributed by atoms with E-state index in [4.69, 9.17) is 10.7 Å². The van der Waals surface area contributed by atoms with Gasteiger partial charge in [-0.2, -0.15) is 0 Å². The van der Waals surface area contributed by atoms with Crippen molar-refractivity contribution < 1.29 is 0 Å². The maximum absolute atomic E-state index is 5.67. The Balaban J connectivity index is 1.37. The first-order chi connectivity index (χ1) is 14.8. The molecule has 0 saturated heterocycles. The summed E-state index contributed by atoms with van der Waals surface area (Å²) in [6, 6.07) is 20.4. The zero-order valence-electron chi connectivity index (χ0n) is 16.3. The van der Waals surface area contributed by atoms with E-state index >= 15 is 0 Å². The summed E-state index contributed by atoms with van der Waals surface area (Å²) in [5.74, 6) is 1.54. The van der Waals surface area contributed by atoms with Crippen LogP contribution in [0.5, 0.6) is 0 Å². The number of nitrogens with zero attached hydrogens (tertiary/aromatic N) is 4. The van der Waals surface area contributed by atoms with Crippen LogP contribution in [0.1, 0.15) is 0 Å². The Kier molecular flexibility index (Phi) is 4.61. The van der Waals surface area contributed by atoms with Crippen LogP contribution in [0, 0.1) is 0 Å². The van der Waals surface area contributed by atoms with Crippen LogP contribution in [0.15, 0.2) is 79.3 Å². The zero-order valence-corrected chi connectivity index (χ0v) is 16.3. The van der Waals surface area contributed by atoms with Crippen molar-refractivity contribution in [3.8, 4) is 11.3 Å². The third-order valence-corrected chi connectivity index (χ3v) is 4.94. The van der Waals surface area contributed by atoms with E-state index in [2.05, 4.69) is 50.9 Å². The Hall–Kier alpha value is -4.13. The van der Waals surface area contributed by atoms with Crippen LogP contribution in [0.3, 0.4) is 0 Å². The first-order valence-corrected chi connectivity index (χ1v) is 9.79. The molecule has 0 aliphatic carbocycles. The molecule has 7 nitrogen and oxygen atoms in total. The summed E-state index contributed by atoms with van der Waals surface area (Å²) in [5.41, 5.74) is 9.12. The van der Waals surface area contributed by atoms with Gasteiger partial charge in [0.2, 0.25) is 5.95 Å². The number of nitrogens with one attached hydrogen (secondary N) is 2. The molecule has 0 bridgehead atoms. The summed E-state index contributed by atoms with van der Waals surface area (Å²) >= 11 is 0. The summed E-state index contributed by atoms with van der Waals surface area (Å²) in [7, 11) is 0. The van der Waals surface area contributed by atoms with Crippen molar-refractivity contribution >= 4 is 33.9 Å². The highest BCUT2D eigenvalue weighted by Gasteiger charge is 2.09. The fourth-order valence-electron chi connectivity index (χ4n) is 3.42. The van der Waals surface area contributed by atoms with Crippen molar-refractivity contribution in [2.75, 3.05) is 29.5 Å². The summed E-state index contributed by atoms with van der Waals surface area (Å²) < 4.78 is 1.95. The molecule has 0 fully saturated rings. The van der Waals surface area contributed by atoms with Gasteiger partial charge >= 0.3 is 0 Å². The van der Waals surface area contributed by atoms with E-state index in [-0.39, 0.29) is 0 Å². The number of pyridine rings is 1. The highest BCUT2D eigenvalue weighted by Crippen LogP contribution is 2.25. The van der Waals surface area contributed by atoms with E-state index in [1.165, 1.54) is 10.8 Å². The lowest BCUT2D eigenvalue weighted by atomic mass is 10.1. The Bertz CT molecular complexity index is 1310. The van der Waals surface area contributed by atoms with Gasteiger partial charge in [-0.1, -0.05) is 36.4 Å². The number of imidazole rings is 1. The maximum atomic E-state index is 5.67. The Morgan fingerprint density at radius 3 is 2.60 bits per heavy atom. The van der Waals surface area contributed by atoms with Crippen molar-refractivity contribution in [2.24, 2.45) is 0 Å². The van der Waals surface area contributed by atoms with Crippen LogP contribution in [0.2, 0.25) is 0 Å². The van der Waals surface area contributed by atoms with Crippen molar-refractivity contribution in [3.63, 3.8) is 0 Å². The Labute approximate surface area is 173 Å². The van der Waals surface area contributed by atoms with E-state index in [1.807, 2.05) is 40.9 Å². The van der Waals surface area contributed by atoms with Crippen LogP contribution in [0.4, 0.5) is 17.5 Å². The molecule has 148 valence electrons. The number of nitrogen functional groups attached to an aromatic ring is 1. The fraction of sp³-hybridized carbons (Fsp3) is 0.0870. The first kappa shape index (κ1) is 17.9. The average molecular weight is 395 g/mol. The average Bonchev–Trinajstić information content (AvgIpc) is 3.26. The van der Waals surface area contributed by atoms with E-state index in [0.717, 1.165) is 28.7 Å². The van der Waals surface area contributed by atoms with Crippen LogP contribution in [-0.2, 0) is 0 Å². The number of benzene rings is 2. The smallest absolute Gasteiger partial charge is 0.209 e. The predicted octanol–water partition coefficient (Wildman–Crippen LogP) is 4.05. The third-order valence-electron chi connectivity index (χ3n) is 4.94. The number of aromatic nitrogens is 4. The summed E-state index contributed by atoms with van der Waals surface area (Å²) in [4.78, 5) is 13.6. The molecule has 4 N–H and O–H groups in total. The summed E-state index contributed by atoms with van der Waals surface area (Å²) in [6.45, 7) is 1.36. The van der Waals surface area contributed by atoms with Gasteiger partial charge in [0.05, 0.1) is 17.6 Å². The van der Waals surface area contributed by atoms with Crippen molar-refractivity contribution in [1.82, 2.24) is 19.4 Å². The largest absolute Gasteiger partial charge is 0.397 e. The number of fused-ring (bicyclic) bond motifs is 2. The van der Waals surface area contributed by atoms with Gasteiger partial charge in [0.25, 0.3) is 0 Å². The molecule has 0 atom stereocenters. The van der Waals surface area contributed by atoms with Crippen LogP contribution in [0.25, 0.3) is 27.7 Å². The number of hydrogen-bond acceptors (Lipinski definition) is 6. The van der Waals surface area contributed by atoms with E-state index in [9.17, 15) is 0 Å². The first-order valence-electron chi connectivity index (χ1n) is 9.79. The van der Waals surface area contributed by atoms with E-state index in [1.54, 1.807) is 12.4 Å². The van der Waals surface area contributed by atoms with Gasteiger partial charge in [-0.05, 0) is 29.0 Å². The van der Waals surface area contributed by atoms with E-state index < -0.39 is 0 Å². The number of anilines is 3. The molecule has 5 aromatic rings. The minimum absolute atomic E-state index is 0.649. The SMILES string of the molecule is Nc1ccc(NCCNc2nc(-c3ccc4ccccc4c3)cc3nccn23)nc1. The number of nitrogens with two attached hydrogens (primary N) is 1. The van der Waals surface area contributed by atoms with Crippen LogP contribution < -0.4 is 16.4 Å². The van der Waals surface area contributed by atoms with Crippen LogP contribution >= 0.6 is 0 Å². The predicted molar refractivity (Wildman–Crippen MR) is 122 cm³/mol. The molecule has 0 spiro atoms. The van der Waals surface area contributed by atoms with E-state index in [0.29, 0.717) is 18.8 Å². The molecular weight excluding hydrogens is 374 g/mol. The molecule has 0 aliphatic rings. The molecule has 2 aromatic carbocycles. The molecule has 0 saturated carbocycles. The third kappa shape index (κ3) is 3.60. The molecule has 0 aliphatic heterocycles. The molecule has 3 aromatic heterocycles. The summed E-state index contributed by atoms with van der Waals surface area (Å²) in [6.07, 6.45) is 5.33. The quantitative estimate of drug-likeness (QED) is 0.376. The second-order valence-corrected chi connectivity index (χ2v) is 7.01. The molecule has 5 rings (SSSR count). The minimum atomic E-state index is 0.649. The van der Waals surface area contributed by atoms with Gasteiger partial charge in [-0.15, -0.1) is 0 Å². The standard InChI is InChI=1S/C23H21N7/c24-19-7-8-21(28-15-19)25-9-10-27-23-29-20(14-22-26-11-12-30(22)23)18-6-5-16-3-1-2-4-17(16)13-18/h1-8,11-15H,9-10,24H2,(H,25,28)(H,27,29). The lowest BCUT2D eigenvalue weighted by molar-refractivity contribution is 0.995. The zero-order chi connectivity index (χ0) is 20.3. The van der Waals surface area contributed by atoms with Crippen LogP contribution in [-0.4, -0.2) is 32.4 Å². The minimum Gasteiger partial charge on any atom is -0.397 e.